The van der Waals surface area contributed by atoms with Gasteiger partial charge in [-0.15, -0.1) is 18.3 Å². The summed E-state index contributed by atoms with van der Waals surface area (Å²) >= 11 is 1.48. The van der Waals surface area contributed by atoms with Crippen molar-refractivity contribution in [3.63, 3.8) is 0 Å². The molecule has 2 N–H and O–H groups in total. The second-order valence-corrected chi connectivity index (χ2v) is 5.09. The summed E-state index contributed by atoms with van der Waals surface area (Å²) in [5.41, 5.74) is -0.475. The fourth-order valence-corrected chi connectivity index (χ4v) is 2.35. The highest BCUT2D eigenvalue weighted by Gasteiger charge is 2.40. The molecule has 0 aliphatic heterocycles. The molecule has 16 heavy (non-hydrogen) atoms. The number of hydrogen-bond acceptors (Lipinski definition) is 3. The zero-order valence-electron chi connectivity index (χ0n) is 9.20. The maximum absolute atomic E-state index is 11.5. The monoisotopic (exact) mass is 243 g/mol. The minimum atomic E-state index is -0.848. The largest absolute Gasteiger partial charge is 0.481 e. The number of carboxylic acid groups (broad SMARTS) is 1. The predicted molar refractivity (Wildman–Crippen MR) is 64.5 cm³/mol. The van der Waals surface area contributed by atoms with Gasteiger partial charge in [-0.1, -0.05) is 6.08 Å². The van der Waals surface area contributed by atoms with Gasteiger partial charge in [-0.05, 0) is 19.3 Å². The second kappa shape index (κ2) is 5.94. The molecule has 1 aliphatic carbocycles. The van der Waals surface area contributed by atoms with Crippen LogP contribution in [-0.4, -0.2) is 34.0 Å². The summed E-state index contributed by atoms with van der Waals surface area (Å²) < 4.78 is 0. The van der Waals surface area contributed by atoms with Crippen molar-refractivity contribution >= 4 is 23.6 Å². The van der Waals surface area contributed by atoms with E-state index in [1.807, 2.05) is 0 Å². The lowest BCUT2D eigenvalue weighted by molar-refractivity contribution is -0.140. The van der Waals surface area contributed by atoms with Gasteiger partial charge in [0.05, 0.1) is 17.7 Å². The molecule has 0 bridgehead atoms. The lowest BCUT2D eigenvalue weighted by Gasteiger charge is -2.41. The molecular formula is C11H17NO3S. The highest BCUT2D eigenvalue weighted by Crippen LogP contribution is 2.34. The zero-order chi connectivity index (χ0) is 12.0. The van der Waals surface area contributed by atoms with Crippen LogP contribution in [-0.2, 0) is 9.59 Å². The van der Waals surface area contributed by atoms with Crippen molar-refractivity contribution in [2.45, 2.75) is 31.2 Å². The molecular weight excluding hydrogens is 226 g/mol. The van der Waals surface area contributed by atoms with Crippen LogP contribution in [0.15, 0.2) is 12.7 Å². The van der Waals surface area contributed by atoms with Crippen LogP contribution in [0.25, 0.3) is 0 Å². The lowest BCUT2D eigenvalue weighted by atomic mass is 9.74. The Balaban J connectivity index is 2.34. The van der Waals surface area contributed by atoms with Crippen LogP contribution >= 0.6 is 11.8 Å². The summed E-state index contributed by atoms with van der Waals surface area (Å²) in [6, 6.07) is 0. The molecule has 4 nitrogen and oxygen atoms in total. The molecule has 0 atom stereocenters. The standard InChI is InChI=1S/C11H17NO3S/c1-2-6-16-8-9(13)12-11(4-3-5-11)7-10(14)15/h2H,1,3-8H2,(H,12,13)(H,14,15). The molecule has 1 fully saturated rings. The van der Waals surface area contributed by atoms with E-state index in [2.05, 4.69) is 11.9 Å². The summed E-state index contributed by atoms with van der Waals surface area (Å²) in [7, 11) is 0. The van der Waals surface area contributed by atoms with E-state index in [1.165, 1.54) is 11.8 Å². The normalized spacial score (nSPS) is 17.2. The Bertz CT molecular complexity index is 287. The number of carbonyl (C=O) groups is 2. The number of rotatable bonds is 7. The fourth-order valence-electron chi connectivity index (χ4n) is 1.81. The van der Waals surface area contributed by atoms with Gasteiger partial charge in [0.1, 0.15) is 0 Å². The Morgan fingerprint density at radius 2 is 2.19 bits per heavy atom. The topological polar surface area (TPSA) is 66.4 Å². The highest BCUT2D eigenvalue weighted by molar-refractivity contribution is 8.00. The van der Waals surface area contributed by atoms with Gasteiger partial charge < -0.3 is 10.4 Å². The quantitative estimate of drug-likeness (QED) is 0.524. The van der Waals surface area contributed by atoms with Crippen molar-refractivity contribution in [2.75, 3.05) is 11.5 Å². The van der Waals surface area contributed by atoms with Gasteiger partial charge in [-0.2, -0.15) is 0 Å². The Labute approximate surface area is 99.5 Å². The van der Waals surface area contributed by atoms with E-state index in [0.717, 1.165) is 25.0 Å². The molecule has 90 valence electrons. The van der Waals surface area contributed by atoms with E-state index < -0.39 is 11.5 Å². The first-order valence-corrected chi connectivity index (χ1v) is 6.45. The summed E-state index contributed by atoms with van der Waals surface area (Å²) in [4.78, 5) is 22.2. The van der Waals surface area contributed by atoms with Crippen LogP contribution in [0.5, 0.6) is 0 Å². The Hall–Kier alpha value is -0.970. The number of aliphatic carboxylic acids is 1. The van der Waals surface area contributed by atoms with E-state index in [1.54, 1.807) is 6.08 Å². The molecule has 0 aromatic heterocycles. The molecule has 1 aliphatic rings. The SMILES string of the molecule is C=CCSCC(=O)NC1(CC(=O)O)CCC1. The number of amides is 1. The van der Waals surface area contributed by atoms with Gasteiger partial charge in [0.25, 0.3) is 0 Å². The molecule has 0 heterocycles. The molecule has 1 saturated carbocycles. The first-order chi connectivity index (χ1) is 7.58. The van der Waals surface area contributed by atoms with Gasteiger partial charge in [0.2, 0.25) is 5.91 Å². The lowest BCUT2D eigenvalue weighted by Crippen LogP contribution is -2.55. The summed E-state index contributed by atoms with van der Waals surface area (Å²) in [6.45, 7) is 3.57. The van der Waals surface area contributed by atoms with Gasteiger partial charge in [-0.25, -0.2) is 0 Å². The van der Waals surface area contributed by atoms with Crippen LogP contribution in [0.2, 0.25) is 0 Å². The molecule has 5 heteroatoms. The number of nitrogens with one attached hydrogen (secondary N) is 1. The van der Waals surface area contributed by atoms with Crippen molar-refractivity contribution in [3.05, 3.63) is 12.7 Å². The van der Waals surface area contributed by atoms with Gasteiger partial charge >= 0.3 is 5.97 Å². The maximum Gasteiger partial charge on any atom is 0.305 e. The molecule has 0 radical (unpaired) electrons. The van der Waals surface area contributed by atoms with Gasteiger partial charge in [0.15, 0.2) is 0 Å². The van der Waals surface area contributed by atoms with Crippen molar-refractivity contribution in [1.29, 1.82) is 0 Å². The predicted octanol–water partition coefficient (Wildman–Crippen LogP) is 1.42. The number of hydrogen-bond donors (Lipinski definition) is 2. The van der Waals surface area contributed by atoms with E-state index in [0.29, 0.717) is 5.75 Å². The third kappa shape index (κ3) is 3.89. The third-order valence-corrected chi connectivity index (χ3v) is 3.61. The van der Waals surface area contributed by atoms with E-state index in [4.69, 9.17) is 5.11 Å². The van der Waals surface area contributed by atoms with Crippen LogP contribution in [0, 0.1) is 0 Å². The fraction of sp³-hybridized carbons (Fsp3) is 0.636. The van der Waals surface area contributed by atoms with Crippen LogP contribution in [0.1, 0.15) is 25.7 Å². The Morgan fingerprint density at radius 3 is 2.62 bits per heavy atom. The first kappa shape index (κ1) is 13.1. The van der Waals surface area contributed by atoms with Crippen molar-refractivity contribution in [2.24, 2.45) is 0 Å². The number of carbonyl (C=O) groups excluding carboxylic acids is 1. The van der Waals surface area contributed by atoms with Gasteiger partial charge in [0, 0.05) is 5.75 Å². The molecule has 1 amide bonds. The first-order valence-electron chi connectivity index (χ1n) is 5.29. The van der Waals surface area contributed by atoms with E-state index in [-0.39, 0.29) is 12.3 Å². The summed E-state index contributed by atoms with van der Waals surface area (Å²) in [5.74, 6) is 0.179. The smallest absolute Gasteiger partial charge is 0.305 e. The average molecular weight is 243 g/mol. The average Bonchev–Trinajstić information content (AvgIpc) is 2.14. The summed E-state index contributed by atoms with van der Waals surface area (Å²) in [6.07, 6.45) is 4.32. The van der Waals surface area contributed by atoms with E-state index in [9.17, 15) is 9.59 Å². The minimum Gasteiger partial charge on any atom is -0.481 e. The number of thioether (sulfide) groups is 1. The van der Waals surface area contributed by atoms with Crippen molar-refractivity contribution < 1.29 is 14.7 Å². The van der Waals surface area contributed by atoms with Crippen LogP contribution in [0.3, 0.4) is 0 Å². The Kier molecular flexibility index (Phi) is 4.86. The molecule has 0 saturated heterocycles. The third-order valence-electron chi connectivity index (χ3n) is 2.67. The highest BCUT2D eigenvalue weighted by atomic mass is 32.2. The van der Waals surface area contributed by atoms with Crippen molar-refractivity contribution in [3.8, 4) is 0 Å². The minimum absolute atomic E-state index is 0.0326. The number of carboxylic acids is 1. The molecule has 0 aromatic carbocycles. The van der Waals surface area contributed by atoms with Crippen LogP contribution in [0.4, 0.5) is 0 Å². The molecule has 1 rings (SSSR count). The molecule has 0 unspecified atom stereocenters. The van der Waals surface area contributed by atoms with E-state index >= 15 is 0 Å². The van der Waals surface area contributed by atoms with Crippen LogP contribution < -0.4 is 5.32 Å². The second-order valence-electron chi connectivity index (χ2n) is 4.06. The molecule has 0 spiro atoms. The molecule has 0 aromatic rings. The maximum atomic E-state index is 11.5. The summed E-state index contributed by atoms with van der Waals surface area (Å²) in [5, 5.41) is 11.6. The van der Waals surface area contributed by atoms with Gasteiger partial charge in [-0.3, -0.25) is 9.59 Å². The Morgan fingerprint density at radius 1 is 1.50 bits per heavy atom. The zero-order valence-corrected chi connectivity index (χ0v) is 10.0. The van der Waals surface area contributed by atoms with Crippen molar-refractivity contribution in [1.82, 2.24) is 5.32 Å².